The Morgan fingerprint density at radius 3 is 2.67 bits per heavy atom. The fraction of sp³-hybridized carbons (Fsp3) is 0.190. The van der Waals surface area contributed by atoms with Crippen LogP contribution in [0.3, 0.4) is 0 Å². The Bertz CT molecular complexity index is 1050. The lowest BCUT2D eigenvalue weighted by molar-refractivity contribution is 0.0695. The first-order valence-electron chi connectivity index (χ1n) is 8.84. The number of nitrogens with one attached hydrogen (secondary N) is 1. The Hall–Kier alpha value is -3.41. The van der Waals surface area contributed by atoms with Crippen LogP contribution < -0.4 is 10.5 Å². The van der Waals surface area contributed by atoms with E-state index in [1.807, 2.05) is 43.5 Å². The van der Waals surface area contributed by atoms with Crippen LogP contribution in [-0.4, -0.2) is 21.0 Å². The van der Waals surface area contributed by atoms with Gasteiger partial charge in [0.2, 0.25) is 0 Å². The molecule has 0 spiro atoms. The summed E-state index contributed by atoms with van der Waals surface area (Å²) in [7, 11) is 0. The average molecular weight is 361 g/mol. The quantitative estimate of drug-likeness (QED) is 0.745. The number of rotatable bonds is 4. The molecule has 6 nitrogen and oxygen atoms in total. The smallest absolute Gasteiger partial charge is 0.341 e. The number of carboxylic acid groups (broad SMARTS) is 1. The number of carbonyl (C=O) groups is 1. The van der Waals surface area contributed by atoms with Gasteiger partial charge in [0.05, 0.1) is 17.9 Å². The number of pyridine rings is 2. The molecule has 0 atom stereocenters. The third kappa shape index (κ3) is 3.10. The van der Waals surface area contributed by atoms with Gasteiger partial charge in [-0.1, -0.05) is 25.1 Å². The van der Waals surface area contributed by atoms with Gasteiger partial charge in [0.15, 0.2) is 0 Å². The number of nitrogens with zero attached hydrogens (tertiary/aromatic N) is 2. The molecule has 0 unspecified atom stereocenters. The number of aromatic nitrogens is 2. The highest BCUT2D eigenvalue weighted by molar-refractivity contribution is 5.88. The number of H-pyrrole nitrogens is 1. The number of aryl methyl sites for hydroxylation is 1. The SMILES string of the molecule is CCc1cc(C(=O)O)c(=O)[nH]c1-c1ccc(N2Cc3cccnc3C2)cc1. The average Bonchev–Trinajstić information content (AvgIpc) is 3.12. The molecular weight excluding hydrogens is 342 g/mol. The summed E-state index contributed by atoms with van der Waals surface area (Å²) in [5, 5.41) is 9.15. The Balaban J connectivity index is 1.65. The zero-order valence-electron chi connectivity index (χ0n) is 14.9. The number of aromatic carboxylic acids is 1. The predicted molar refractivity (Wildman–Crippen MR) is 103 cm³/mol. The molecule has 136 valence electrons. The van der Waals surface area contributed by atoms with Gasteiger partial charge in [-0.2, -0.15) is 0 Å². The van der Waals surface area contributed by atoms with Crippen LogP contribution in [0.15, 0.2) is 53.5 Å². The second-order valence-electron chi connectivity index (χ2n) is 6.58. The molecule has 0 aliphatic carbocycles. The second-order valence-corrected chi connectivity index (χ2v) is 6.58. The van der Waals surface area contributed by atoms with Crippen molar-refractivity contribution in [3.8, 4) is 11.3 Å². The molecule has 0 bridgehead atoms. The van der Waals surface area contributed by atoms with Gasteiger partial charge in [-0.3, -0.25) is 9.78 Å². The van der Waals surface area contributed by atoms with Gasteiger partial charge in [-0.15, -0.1) is 0 Å². The van der Waals surface area contributed by atoms with Crippen LogP contribution in [0, 0.1) is 0 Å². The minimum Gasteiger partial charge on any atom is -0.477 e. The first kappa shape index (κ1) is 17.0. The van der Waals surface area contributed by atoms with Gasteiger partial charge in [-0.25, -0.2) is 4.79 Å². The lowest BCUT2D eigenvalue weighted by Gasteiger charge is -2.18. The van der Waals surface area contributed by atoms with Crippen molar-refractivity contribution in [3.63, 3.8) is 0 Å². The zero-order valence-corrected chi connectivity index (χ0v) is 14.9. The molecule has 0 amide bonds. The summed E-state index contributed by atoms with van der Waals surface area (Å²) < 4.78 is 0. The number of hydrogen-bond acceptors (Lipinski definition) is 4. The second kappa shape index (κ2) is 6.72. The maximum atomic E-state index is 12.1. The van der Waals surface area contributed by atoms with Crippen molar-refractivity contribution in [3.05, 3.63) is 81.4 Å². The summed E-state index contributed by atoms with van der Waals surface area (Å²) in [6, 6.07) is 13.5. The van der Waals surface area contributed by atoms with Crippen LogP contribution in [0.25, 0.3) is 11.3 Å². The Labute approximate surface area is 156 Å². The minimum absolute atomic E-state index is 0.227. The molecule has 2 N–H and O–H groups in total. The molecule has 0 radical (unpaired) electrons. The molecule has 1 aliphatic heterocycles. The van der Waals surface area contributed by atoms with Crippen LogP contribution in [0.1, 0.15) is 34.1 Å². The largest absolute Gasteiger partial charge is 0.477 e. The molecule has 0 saturated carbocycles. The third-order valence-corrected chi connectivity index (χ3v) is 4.94. The molecule has 27 heavy (non-hydrogen) atoms. The molecule has 4 rings (SSSR count). The fourth-order valence-corrected chi connectivity index (χ4v) is 3.49. The number of aromatic amines is 1. The first-order valence-corrected chi connectivity index (χ1v) is 8.84. The molecule has 3 heterocycles. The number of carboxylic acids is 1. The van der Waals surface area contributed by atoms with Crippen molar-refractivity contribution < 1.29 is 9.90 Å². The van der Waals surface area contributed by atoms with Crippen molar-refractivity contribution in [1.29, 1.82) is 0 Å². The third-order valence-electron chi connectivity index (χ3n) is 4.94. The van der Waals surface area contributed by atoms with Crippen LogP contribution in [0.5, 0.6) is 0 Å². The van der Waals surface area contributed by atoms with Gasteiger partial charge < -0.3 is 15.0 Å². The van der Waals surface area contributed by atoms with E-state index < -0.39 is 11.5 Å². The normalized spacial score (nSPS) is 12.9. The Morgan fingerprint density at radius 1 is 1.22 bits per heavy atom. The van der Waals surface area contributed by atoms with E-state index in [4.69, 9.17) is 5.11 Å². The maximum Gasteiger partial charge on any atom is 0.341 e. The standard InChI is InChI=1S/C21H19N3O3/c1-2-13-10-17(21(26)27)20(25)23-19(13)14-5-7-16(8-6-14)24-11-15-4-3-9-22-18(15)12-24/h3-10H,2,11-12H2,1H3,(H,23,25)(H,26,27). The van der Waals surface area contributed by atoms with E-state index in [0.717, 1.165) is 35.6 Å². The van der Waals surface area contributed by atoms with Crippen LogP contribution in [0.4, 0.5) is 5.69 Å². The van der Waals surface area contributed by atoms with Gasteiger partial charge >= 0.3 is 5.97 Å². The summed E-state index contributed by atoms with van der Waals surface area (Å²) in [6.07, 6.45) is 2.44. The summed E-state index contributed by atoms with van der Waals surface area (Å²) in [6.45, 7) is 3.54. The van der Waals surface area contributed by atoms with E-state index in [9.17, 15) is 9.59 Å². The molecule has 1 aromatic carbocycles. The number of hydrogen-bond donors (Lipinski definition) is 2. The lowest BCUT2D eigenvalue weighted by Crippen LogP contribution is -2.19. The summed E-state index contributed by atoms with van der Waals surface area (Å²) in [5.74, 6) is -1.21. The zero-order chi connectivity index (χ0) is 19.0. The molecule has 6 heteroatoms. The molecule has 3 aromatic rings. The number of anilines is 1. The van der Waals surface area contributed by atoms with E-state index in [-0.39, 0.29) is 5.56 Å². The van der Waals surface area contributed by atoms with Crippen molar-refractivity contribution in [2.24, 2.45) is 0 Å². The van der Waals surface area contributed by atoms with Crippen LogP contribution >= 0.6 is 0 Å². The Kier molecular flexibility index (Phi) is 4.24. The number of benzene rings is 1. The highest BCUT2D eigenvalue weighted by Gasteiger charge is 2.20. The minimum atomic E-state index is -1.21. The van der Waals surface area contributed by atoms with Gasteiger partial charge in [0.25, 0.3) is 5.56 Å². The molecular formula is C21H19N3O3. The van der Waals surface area contributed by atoms with Crippen LogP contribution in [0.2, 0.25) is 0 Å². The number of fused-ring (bicyclic) bond motifs is 1. The highest BCUT2D eigenvalue weighted by Crippen LogP contribution is 2.29. The van der Waals surface area contributed by atoms with Gasteiger partial charge in [0, 0.05) is 18.4 Å². The van der Waals surface area contributed by atoms with Crippen molar-refractivity contribution in [2.45, 2.75) is 26.4 Å². The predicted octanol–water partition coefficient (Wildman–Crippen LogP) is 3.22. The van der Waals surface area contributed by atoms with E-state index in [1.54, 1.807) is 0 Å². The van der Waals surface area contributed by atoms with Crippen molar-refractivity contribution in [1.82, 2.24) is 9.97 Å². The van der Waals surface area contributed by atoms with Gasteiger partial charge in [0.1, 0.15) is 5.56 Å². The van der Waals surface area contributed by atoms with E-state index in [2.05, 4.69) is 20.9 Å². The maximum absolute atomic E-state index is 12.1. The summed E-state index contributed by atoms with van der Waals surface area (Å²) >= 11 is 0. The summed E-state index contributed by atoms with van der Waals surface area (Å²) in [5.41, 5.74) is 4.95. The van der Waals surface area contributed by atoms with Crippen molar-refractivity contribution >= 4 is 11.7 Å². The summed E-state index contributed by atoms with van der Waals surface area (Å²) in [4.78, 5) is 32.7. The van der Waals surface area contributed by atoms with E-state index in [0.29, 0.717) is 12.1 Å². The van der Waals surface area contributed by atoms with E-state index in [1.165, 1.54) is 11.6 Å². The topological polar surface area (TPSA) is 86.3 Å². The molecule has 0 fully saturated rings. The lowest BCUT2D eigenvalue weighted by atomic mass is 10.0. The van der Waals surface area contributed by atoms with Crippen molar-refractivity contribution in [2.75, 3.05) is 4.90 Å². The first-order chi connectivity index (χ1) is 13.1. The van der Waals surface area contributed by atoms with E-state index >= 15 is 0 Å². The van der Waals surface area contributed by atoms with Gasteiger partial charge in [-0.05, 0) is 47.4 Å². The molecule has 1 aliphatic rings. The van der Waals surface area contributed by atoms with Crippen LogP contribution in [-0.2, 0) is 19.5 Å². The fourth-order valence-electron chi connectivity index (χ4n) is 3.49. The monoisotopic (exact) mass is 361 g/mol. The Morgan fingerprint density at radius 2 is 2.00 bits per heavy atom. The highest BCUT2D eigenvalue weighted by atomic mass is 16.4. The molecule has 2 aromatic heterocycles. The molecule has 0 saturated heterocycles.